The summed E-state index contributed by atoms with van der Waals surface area (Å²) in [5, 5.41) is 0. The number of anilines is 1. The molecule has 146 valence electrons. The summed E-state index contributed by atoms with van der Waals surface area (Å²) >= 11 is 0. The Balaban J connectivity index is 1.95. The molecule has 0 spiro atoms. The van der Waals surface area contributed by atoms with Crippen LogP contribution in [0.1, 0.15) is 72.6 Å². The third-order valence-corrected chi connectivity index (χ3v) is 5.89. The van der Waals surface area contributed by atoms with Crippen molar-refractivity contribution < 1.29 is 9.47 Å². The summed E-state index contributed by atoms with van der Waals surface area (Å²) in [7, 11) is 0. The molecular formula is C20H33N3O3. The lowest BCUT2D eigenvalue weighted by molar-refractivity contribution is -0.133. The zero-order valence-corrected chi connectivity index (χ0v) is 17.1. The summed E-state index contributed by atoms with van der Waals surface area (Å²) in [6, 6.07) is 0. The number of ether oxygens (including phenoxy) is 2. The van der Waals surface area contributed by atoms with E-state index in [0.29, 0.717) is 6.42 Å². The summed E-state index contributed by atoms with van der Waals surface area (Å²) in [5.41, 5.74) is 6.13. The number of nitrogens with zero attached hydrogens (tertiary/aromatic N) is 2. The number of rotatable bonds is 3. The lowest BCUT2D eigenvalue weighted by atomic mass is 9.72. The van der Waals surface area contributed by atoms with Crippen molar-refractivity contribution in [3.05, 3.63) is 22.2 Å². The van der Waals surface area contributed by atoms with Crippen LogP contribution in [0.4, 0.5) is 5.82 Å². The van der Waals surface area contributed by atoms with Gasteiger partial charge in [-0.25, -0.2) is 4.79 Å². The first-order valence-corrected chi connectivity index (χ1v) is 9.53. The van der Waals surface area contributed by atoms with Gasteiger partial charge in [0, 0.05) is 23.6 Å². The second-order valence-corrected chi connectivity index (χ2v) is 9.92. The van der Waals surface area contributed by atoms with Crippen LogP contribution < -0.4 is 11.4 Å². The summed E-state index contributed by atoms with van der Waals surface area (Å²) < 4.78 is 14.5. The van der Waals surface area contributed by atoms with Crippen molar-refractivity contribution in [2.75, 3.05) is 5.73 Å². The molecule has 2 aliphatic rings. The quantitative estimate of drug-likeness (QED) is 0.890. The van der Waals surface area contributed by atoms with E-state index in [0.717, 1.165) is 18.4 Å². The summed E-state index contributed by atoms with van der Waals surface area (Å²) in [5.74, 6) is 0.275. The molecule has 0 amide bonds. The molecule has 1 saturated heterocycles. The average molecular weight is 364 g/mol. The van der Waals surface area contributed by atoms with Gasteiger partial charge in [-0.2, -0.15) is 4.98 Å². The molecule has 3 rings (SSSR count). The van der Waals surface area contributed by atoms with Crippen LogP contribution in [-0.4, -0.2) is 27.4 Å². The minimum Gasteiger partial charge on any atom is -0.383 e. The Labute approximate surface area is 156 Å². The van der Waals surface area contributed by atoms with Crippen molar-refractivity contribution in [1.82, 2.24) is 9.55 Å². The second kappa shape index (κ2) is 6.06. The fourth-order valence-corrected chi connectivity index (χ4v) is 4.25. The van der Waals surface area contributed by atoms with Crippen LogP contribution in [-0.2, 0) is 9.47 Å². The van der Waals surface area contributed by atoms with Crippen molar-refractivity contribution >= 4 is 5.82 Å². The highest BCUT2D eigenvalue weighted by Gasteiger charge is 2.62. The van der Waals surface area contributed by atoms with Gasteiger partial charge in [0.25, 0.3) is 0 Å². The van der Waals surface area contributed by atoms with Crippen LogP contribution in [0.3, 0.4) is 0 Å². The third-order valence-electron chi connectivity index (χ3n) is 5.89. The van der Waals surface area contributed by atoms with E-state index in [1.807, 2.05) is 6.92 Å². The van der Waals surface area contributed by atoms with Crippen LogP contribution in [0.5, 0.6) is 0 Å². The van der Waals surface area contributed by atoms with E-state index in [-0.39, 0.29) is 46.4 Å². The monoisotopic (exact) mass is 363 g/mol. The standard InChI is InChI=1S/C20H33N3O3/c1-12-11-23(17(24)22-16(12)21)14-10-13(26-19(5,6)7)15(25-14)20(8-9-20)18(2,3)4/h11,13-15H,8-10H2,1-7H3,(H2,21,22,24)/t13?,14-,15+/m1/s1. The van der Waals surface area contributed by atoms with E-state index < -0.39 is 0 Å². The van der Waals surface area contributed by atoms with Crippen molar-refractivity contribution in [2.24, 2.45) is 10.8 Å². The largest absolute Gasteiger partial charge is 0.383 e. The van der Waals surface area contributed by atoms with Gasteiger partial charge in [0.05, 0.1) is 17.8 Å². The molecule has 0 bridgehead atoms. The Hall–Kier alpha value is -1.40. The Morgan fingerprint density at radius 3 is 2.38 bits per heavy atom. The first-order valence-electron chi connectivity index (χ1n) is 9.53. The number of nitrogen functional groups attached to an aromatic ring is 1. The molecule has 1 saturated carbocycles. The van der Waals surface area contributed by atoms with Crippen LogP contribution in [0.15, 0.2) is 11.0 Å². The molecule has 3 atom stereocenters. The van der Waals surface area contributed by atoms with Gasteiger partial charge in [-0.3, -0.25) is 4.57 Å². The number of aromatic nitrogens is 2. The first-order chi connectivity index (χ1) is 11.8. The highest BCUT2D eigenvalue weighted by molar-refractivity contribution is 5.35. The van der Waals surface area contributed by atoms with Crippen molar-refractivity contribution in [3.63, 3.8) is 0 Å². The Bertz CT molecular complexity index is 738. The van der Waals surface area contributed by atoms with E-state index in [1.54, 1.807) is 10.8 Å². The molecule has 1 aromatic rings. The van der Waals surface area contributed by atoms with Crippen molar-refractivity contribution in [2.45, 2.75) is 91.8 Å². The van der Waals surface area contributed by atoms with Gasteiger partial charge in [0.15, 0.2) is 0 Å². The fourth-order valence-electron chi connectivity index (χ4n) is 4.25. The molecule has 1 aromatic heterocycles. The molecule has 1 aliphatic heterocycles. The van der Waals surface area contributed by atoms with E-state index in [1.165, 1.54) is 0 Å². The highest BCUT2D eigenvalue weighted by atomic mass is 16.6. The van der Waals surface area contributed by atoms with Crippen LogP contribution in [0.2, 0.25) is 0 Å². The predicted molar refractivity (Wildman–Crippen MR) is 102 cm³/mol. The Morgan fingerprint density at radius 2 is 1.88 bits per heavy atom. The van der Waals surface area contributed by atoms with Crippen LogP contribution in [0, 0.1) is 17.8 Å². The minimum absolute atomic E-state index is 0.0310. The van der Waals surface area contributed by atoms with Gasteiger partial charge in [-0.15, -0.1) is 0 Å². The molecule has 2 heterocycles. The van der Waals surface area contributed by atoms with Gasteiger partial charge in [0.2, 0.25) is 0 Å². The summed E-state index contributed by atoms with van der Waals surface area (Å²) in [4.78, 5) is 16.3. The van der Waals surface area contributed by atoms with Gasteiger partial charge in [-0.1, -0.05) is 20.8 Å². The second-order valence-electron chi connectivity index (χ2n) is 9.92. The Morgan fingerprint density at radius 1 is 1.27 bits per heavy atom. The van der Waals surface area contributed by atoms with E-state index in [4.69, 9.17) is 15.2 Å². The zero-order chi connectivity index (χ0) is 19.5. The molecule has 2 N–H and O–H groups in total. The van der Waals surface area contributed by atoms with Gasteiger partial charge in [-0.05, 0) is 46.0 Å². The molecule has 0 aromatic carbocycles. The average Bonchev–Trinajstić information content (AvgIpc) is 3.19. The number of hydrogen-bond acceptors (Lipinski definition) is 5. The first kappa shape index (κ1) is 19.4. The van der Waals surface area contributed by atoms with Crippen molar-refractivity contribution in [3.8, 4) is 0 Å². The van der Waals surface area contributed by atoms with Crippen molar-refractivity contribution in [1.29, 1.82) is 0 Å². The Kier molecular flexibility index (Phi) is 4.51. The fraction of sp³-hybridized carbons (Fsp3) is 0.800. The molecule has 1 aliphatic carbocycles. The highest BCUT2D eigenvalue weighted by Crippen LogP contribution is 2.64. The maximum absolute atomic E-state index is 12.4. The predicted octanol–water partition coefficient (Wildman–Crippen LogP) is 3.43. The van der Waals surface area contributed by atoms with Crippen LogP contribution >= 0.6 is 0 Å². The summed E-state index contributed by atoms with van der Waals surface area (Å²) in [6.07, 6.45) is 4.21. The van der Waals surface area contributed by atoms with E-state index in [9.17, 15) is 4.79 Å². The maximum atomic E-state index is 12.4. The molecule has 6 nitrogen and oxygen atoms in total. The normalized spacial score (nSPS) is 28.3. The smallest absolute Gasteiger partial charge is 0.351 e. The number of nitrogens with two attached hydrogens (primary N) is 1. The summed E-state index contributed by atoms with van der Waals surface area (Å²) in [6.45, 7) is 14.9. The van der Waals surface area contributed by atoms with Gasteiger partial charge in [0.1, 0.15) is 12.0 Å². The molecular weight excluding hydrogens is 330 g/mol. The van der Waals surface area contributed by atoms with Gasteiger partial charge >= 0.3 is 5.69 Å². The molecule has 0 radical (unpaired) electrons. The van der Waals surface area contributed by atoms with E-state index in [2.05, 4.69) is 46.5 Å². The SMILES string of the molecule is Cc1cn([C@H]2CC(OC(C)(C)C)[C@@H](C3(C(C)(C)C)CC3)O2)c(=O)nc1N. The third kappa shape index (κ3) is 3.41. The molecule has 6 heteroatoms. The molecule has 1 unspecified atom stereocenters. The maximum Gasteiger partial charge on any atom is 0.351 e. The van der Waals surface area contributed by atoms with Gasteiger partial charge < -0.3 is 15.2 Å². The number of hydrogen-bond donors (Lipinski definition) is 1. The molecule has 26 heavy (non-hydrogen) atoms. The topological polar surface area (TPSA) is 79.4 Å². The molecule has 2 fully saturated rings. The number of aryl methyl sites for hydroxylation is 1. The zero-order valence-electron chi connectivity index (χ0n) is 17.1. The van der Waals surface area contributed by atoms with E-state index >= 15 is 0 Å². The van der Waals surface area contributed by atoms with Crippen LogP contribution in [0.25, 0.3) is 0 Å². The lowest BCUT2D eigenvalue weighted by Crippen LogP contribution is -2.43. The minimum atomic E-state index is -0.369. The lowest BCUT2D eigenvalue weighted by Gasteiger charge is -2.39.